The van der Waals surface area contributed by atoms with Crippen LogP contribution in [0.2, 0.25) is 5.02 Å². The highest BCUT2D eigenvalue weighted by atomic mass is 35.5. The number of nitrogens with one attached hydrogen (secondary N) is 1. The third kappa shape index (κ3) is 4.39. The van der Waals surface area contributed by atoms with Crippen molar-refractivity contribution >= 4 is 17.4 Å². The Morgan fingerprint density at radius 2 is 1.93 bits per heavy atom. The normalized spacial score (nSPS) is 12.2. The van der Waals surface area contributed by atoms with E-state index in [1.165, 1.54) is 0 Å². The van der Waals surface area contributed by atoms with Gasteiger partial charge < -0.3 is 24.6 Å². The van der Waals surface area contributed by atoms with E-state index in [0.29, 0.717) is 41.0 Å². The van der Waals surface area contributed by atoms with Crippen LogP contribution in [0.1, 0.15) is 6.42 Å². The Morgan fingerprint density at radius 1 is 1.07 bits per heavy atom. The molecule has 0 bridgehead atoms. The summed E-state index contributed by atoms with van der Waals surface area (Å²) in [4.78, 5) is 4.67. The summed E-state index contributed by atoms with van der Waals surface area (Å²) in [6.07, 6.45) is 0.851. The summed E-state index contributed by atoms with van der Waals surface area (Å²) < 4.78 is 16.0. The lowest BCUT2D eigenvalue weighted by molar-refractivity contribution is 0.174. The summed E-state index contributed by atoms with van der Waals surface area (Å²) in [5, 5.41) is 14.2. The van der Waals surface area contributed by atoms with E-state index in [9.17, 15) is 5.11 Å². The lowest BCUT2D eigenvalue weighted by Gasteiger charge is -2.13. The van der Waals surface area contributed by atoms with Crippen molar-refractivity contribution in [2.45, 2.75) is 6.42 Å². The Kier molecular flexibility index (Phi) is 5.74. The van der Waals surface area contributed by atoms with Gasteiger partial charge in [-0.05, 0) is 60.0 Å². The quantitative estimate of drug-likeness (QED) is 0.535. The highest BCUT2D eigenvalue weighted by Gasteiger charge is 2.16. The van der Waals surface area contributed by atoms with E-state index in [-0.39, 0.29) is 12.5 Å². The van der Waals surface area contributed by atoms with Gasteiger partial charge in [-0.25, -0.2) is 4.98 Å². The minimum absolute atomic E-state index is 0.120. The molecule has 29 heavy (non-hydrogen) atoms. The van der Waals surface area contributed by atoms with Crippen LogP contribution in [-0.2, 0) is 4.74 Å². The molecule has 0 saturated heterocycles. The summed E-state index contributed by atoms with van der Waals surface area (Å²) in [7, 11) is 1.68. The zero-order chi connectivity index (χ0) is 20.2. The number of hydrogen-bond donors (Lipinski definition) is 2. The van der Waals surface area contributed by atoms with Crippen LogP contribution in [0.5, 0.6) is 17.2 Å². The van der Waals surface area contributed by atoms with Gasteiger partial charge in [0.25, 0.3) is 0 Å². The van der Waals surface area contributed by atoms with Crippen LogP contribution < -0.4 is 14.8 Å². The molecule has 0 spiro atoms. The molecule has 0 radical (unpaired) electrons. The first-order valence-electron chi connectivity index (χ1n) is 9.28. The molecule has 1 aliphatic rings. The Labute approximate surface area is 174 Å². The fourth-order valence-corrected chi connectivity index (χ4v) is 3.32. The summed E-state index contributed by atoms with van der Waals surface area (Å²) in [5.41, 5.74) is 3.08. The molecular formula is C22H21ClN2O4. The van der Waals surface area contributed by atoms with Crippen LogP contribution in [0.3, 0.4) is 0 Å². The number of halogens is 1. The van der Waals surface area contributed by atoms with Gasteiger partial charge in [-0.1, -0.05) is 17.7 Å². The highest BCUT2D eigenvalue weighted by Crippen LogP contribution is 2.38. The maximum absolute atomic E-state index is 10.3. The van der Waals surface area contributed by atoms with E-state index >= 15 is 0 Å². The number of nitrogens with zero attached hydrogens (tertiary/aromatic N) is 1. The van der Waals surface area contributed by atoms with Crippen molar-refractivity contribution in [1.82, 2.24) is 4.98 Å². The molecular weight excluding hydrogens is 392 g/mol. The summed E-state index contributed by atoms with van der Waals surface area (Å²) in [6, 6.07) is 14.6. The molecule has 7 heteroatoms. The molecule has 4 rings (SSSR count). The topological polar surface area (TPSA) is 72.8 Å². The van der Waals surface area contributed by atoms with Crippen LogP contribution in [0.25, 0.3) is 22.4 Å². The van der Waals surface area contributed by atoms with E-state index in [1.807, 2.05) is 30.3 Å². The van der Waals surface area contributed by atoms with E-state index < -0.39 is 0 Å². The molecule has 0 atom stereocenters. The summed E-state index contributed by atoms with van der Waals surface area (Å²) in [5.74, 6) is 2.26. The van der Waals surface area contributed by atoms with Gasteiger partial charge in [-0.3, -0.25) is 0 Å². The monoisotopic (exact) mass is 412 g/mol. The molecule has 0 unspecified atom stereocenters. The lowest BCUT2D eigenvalue weighted by atomic mass is 10.0. The van der Waals surface area contributed by atoms with Crippen molar-refractivity contribution in [2.24, 2.45) is 0 Å². The fraction of sp³-hybridized carbons (Fsp3) is 0.227. The van der Waals surface area contributed by atoms with Crippen molar-refractivity contribution in [1.29, 1.82) is 0 Å². The standard InChI is InChI=1S/C22H21ClN2O4/c1-27-8-2-7-24-22-11-15(14-3-6-20-21(10-14)29-13-28-20)9-18(25-22)17-12-16(23)4-5-19(17)26/h3-6,9-12,26H,2,7-8,13H2,1H3,(H,24,25). The van der Waals surface area contributed by atoms with Crippen molar-refractivity contribution < 1.29 is 19.3 Å². The molecule has 2 aromatic carbocycles. The molecule has 6 nitrogen and oxygen atoms in total. The average molecular weight is 413 g/mol. The second kappa shape index (κ2) is 8.59. The fourth-order valence-electron chi connectivity index (χ4n) is 3.15. The number of aromatic nitrogens is 1. The SMILES string of the molecule is COCCCNc1cc(-c2ccc3c(c2)OCO3)cc(-c2cc(Cl)ccc2O)n1. The van der Waals surface area contributed by atoms with Crippen LogP contribution in [0, 0.1) is 0 Å². The second-order valence-corrected chi connectivity index (χ2v) is 7.07. The van der Waals surface area contributed by atoms with Crippen LogP contribution >= 0.6 is 11.6 Å². The van der Waals surface area contributed by atoms with E-state index in [0.717, 1.165) is 23.3 Å². The average Bonchev–Trinajstić information content (AvgIpc) is 3.20. The molecule has 3 aromatic rings. The van der Waals surface area contributed by atoms with Gasteiger partial charge in [0.2, 0.25) is 6.79 Å². The number of phenols is 1. The molecule has 1 aliphatic heterocycles. The largest absolute Gasteiger partial charge is 0.507 e. The van der Waals surface area contributed by atoms with Crippen LogP contribution in [0.4, 0.5) is 5.82 Å². The van der Waals surface area contributed by atoms with Gasteiger partial charge in [-0.2, -0.15) is 0 Å². The minimum Gasteiger partial charge on any atom is -0.507 e. The van der Waals surface area contributed by atoms with E-state index in [2.05, 4.69) is 10.3 Å². The zero-order valence-corrected chi connectivity index (χ0v) is 16.7. The molecule has 1 aromatic heterocycles. The zero-order valence-electron chi connectivity index (χ0n) is 15.9. The Morgan fingerprint density at radius 3 is 2.79 bits per heavy atom. The first-order chi connectivity index (χ1) is 14.1. The number of ether oxygens (including phenoxy) is 3. The Bertz CT molecular complexity index is 1030. The van der Waals surface area contributed by atoms with Gasteiger partial charge in [0.15, 0.2) is 11.5 Å². The van der Waals surface area contributed by atoms with Crippen LogP contribution in [-0.4, -0.2) is 37.1 Å². The van der Waals surface area contributed by atoms with Crippen molar-refractivity contribution in [3.8, 4) is 39.6 Å². The Balaban J connectivity index is 1.74. The number of hydrogen-bond acceptors (Lipinski definition) is 6. The highest BCUT2D eigenvalue weighted by molar-refractivity contribution is 6.31. The van der Waals surface area contributed by atoms with Crippen molar-refractivity contribution in [3.05, 3.63) is 53.6 Å². The van der Waals surface area contributed by atoms with E-state index in [4.69, 9.17) is 25.8 Å². The number of benzene rings is 2. The number of pyridine rings is 1. The molecule has 0 amide bonds. The lowest BCUT2D eigenvalue weighted by Crippen LogP contribution is -2.06. The number of rotatable bonds is 7. The third-order valence-electron chi connectivity index (χ3n) is 4.60. The Hall–Kier alpha value is -2.96. The molecule has 2 heterocycles. The van der Waals surface area contributed by atoms with Gasteiger partial charge in [0, 0.05) is 30.8 Å². The first-order valence-corrected chi connectivity index (χ1v) is 9.65. The molecule has 150 valence electrons. The molecule has 2 N–H and O–H groups in total. The molecule has 0 aliphatic carbocycles. The maximum Gasteiger partial charge on any atom is 0.231 e. The maximum atomic E-state index is 10.3. The molecule has 0 saturated carbocycles. The van der Waals surface area contributed by atoms with Gasteiger partial charge >= 0.3 is 0 Å². The van der Waals surface area contributed by atoms with Crippen molar-refractivity contribution in [2.75, 3.05) is 32.4 Å². The second-order valence-electron chi connectivity index (χ2n) is 6.63. The number of methoxy groups -OCH3 is 1. The summed E-state index contributed by atoms with van der Waals surface area (Å²) >= 11 is 6.15. The predicted molar refractivity (Wildman–Crippen MR) is 113 cm³/mol. The third-order valence-corrected chi connectivity index (χ3v) is 4.83. The van der Waals surface area contributed by atoms with Crippen LogP contribution in [0.15, 0.2) is 48.5 Å². The first kappa shape index (κ1) is 19.4. The number of anilines is 1. The predicted octanol–water partition coefficient (Wildman–Crippen LogP) is 4.95. The number of aromatic hydroxyl groups is 1. The minimum atomic E-state index is 0.120. The van der Waals surface area contributed by atoms with E-state index in [1.54, 1.807) is 25.3 Å². The number of phenolic OH excluding ortho intramolecular Hbond substituents is 1. The van der Waals surface area contributed by atoms with Crippen molar-refractivity contribution in [3.63, 3.8) is 0 Å². The smallest absolute Gasteiger partial charge is 0.231 e. The van der Waals surface area contributed by atoms with Gasteiger partial charge in [0.1, 0.15) is 11.6 Å². The van der Waals surface area contributed by atoms with Gasteiger partial charge in [-0.15, -0.1) is 0 Å². The van der Waals surface area contributed by atoms with Gasteiger partial charge in [0.05, 0.1) is 5.69 Å². The number of fused-ring (bicyclic) bond motifs is 1. The summed E-state index contributed by atoms with van der Waals surface area (Å²) in [6.45, 7) is 1.60. The molecule has 0 fully saturated rings.